The van der Waals surface area contributed by atoms with E-state index in [1.54, 1.807) is 43.3 Å². The molecule has 0 bridgehead atoms. The van der Waals surface area contributed by atoms with E-state index in [0.717, 1.165) is 12.1 Å². The van der Waals surface area contributed by atoms with Crippen molar-refractivity contribution in [2.24, 2.45) is 7.05 Å². The van der Waals surface area contributed by atoms with Crippen molar-refractivity contribution in [2.75, 3.05) is 11.9 Å². The first-order valence-electron chi connectivity index (χ1n) is 11.5. The summed E-state index contributed by atoms with van der Waals surface area (Å²) in [6.45, 7) is -0.206. The van der Waals surface area contributed by atoms with Crippen LogP contribution in [0.15, 0.2) is 42.9 Å². The molecule has 4 rings (SSSR count). The number of amides is 1. The van der Waals surface area contributed by atoms with Crippen LogP contribution in [0.4, 0.5) is 18.9 Å². The zero-order chi connectivity index (χ0) is 25.2. The van der Waals surface area contributed by atoms with Crippen LogP contribution in [0.25, 0.3) is 0 Å². The highest BCUT2D eigenvalue weighted by atomic mass is 19.4. The summed E-state index contributed by atoms with van der Waals surface area (Å²) in [5, 5.41) is 17.6. The number of aryl methyl sites for hydroxylation is 1. The number of halogens is 3. The van der Waals surface area contributed by atoms with Crippen LogP contribution >= 0.6 is 0 Å². The zero-order valence-electron chi connectivity index (χ0n) is 19.7. The maximum atomic E-state index is 13.5. The lowest BCUT2D eigenvalue weighted by Crippen LogP contribution is -2.51. The summed E-state index contributed by atoms with van der Waals surface area (Å²) in [5.74, 6) is -0.296. The number of aliphatic hydroxyl groups is 1. The van der Waals surface area contributed by atoms with Crippen molar-refractivity contribution in [2.45, 2.75) is 57.1 Å². The molecule has 11 heteroatoms. The maximum absolute atomic E-state index is 13.5. The van der Waals surface area contributed by atoms with Gasteiger partial charge in [0.2, 0.25) is 5.91 Å². The molecular formula is C24H29F3N6O2. The van der Waals surface area contributed by atoms with Gasteiger partial charge in [-0.3, -0.25) is 14.8 Å². The molecule has 188 valence electrons. The van der Waals surface area contributed by atoms with Gasteiger partial charge in [-0.15, -0.1) is 0 Å². The Morgan fingerprint density at radius 2 is 1.94 bits per heavy atom. The van der Waals surface area contributed by atoms with Crippen LogP contribution in [0.1, 0.15) is 35.5 Å². The number of benzene rings is 1. The number of hydrogen-bond acceptors (Lipinski definition) is 5. The molecule has 2 aromatic heterocycles. The molecule has 1 aromatic carbocycles. The number of rotatable bonds is 8. The minimum Gasteiger partial charge on any atom is -0.377 e. The van der Waals surface area contributed by atoms with E-state index in [0.29, 0.717) is 30.6 Å². The third-order valence-corrected chi connectivity index (χ3v) is 6.37. The lowest BCUT2D eigenvalue weighted by molar-refractivity contribution is -0.142. The number of nitrogens with zero attached hydrogens (tertiary/aromatic N) is 5. The van der Waals surface area contributed by atoms with Crippen molar-refractivity contribution in [3.63, 3.8) is 0 Å². The Balaban J connectivity index is 1.56. The van der Waals surface area contributed by atoms with Crippen LogP contribution in [-0.2, 0) is 43.8 Å². The van der Waals surface area contributed by atoms with Crippen molar-refractivity contribution >= 4 is 11.6 Å². The van der Waals surface area contributed by atoms with Gasteiger partial charge in [0, 0.05) is 49.4 Å². The average Bonchev–Trinajstić information content (AvgIpc) is 3.41. The first-order chi connectivity index (χ1) is 16.6. The second-order valence-electron chi connectivity index (χ2n) is 8.83. The molecule has 1 amide bonds. The fourth-order valence-electron chi connectivity index (χ4n) is 4.52. The highest BCUT2D eigenvalue weighted by molar-refractivity contribution is 5.96. The maximum Gasteiger partial charge on any atom is 0.435 e. The van der Waals surface area contributed by atoms with E-state index in [1.165, 1.54) is 9.58 Å². The van der Waals surface area contributed by atoms with Gasteiger partial charge in [0.1, 0.15) is 6.23 Å². The molecule has 1 unspecified atom stereocenters. The number of likely N-dealkylation sites (N-methyl/N-ethyl adjacent to an activating group) is 1. The lowest BCUT2D eigenvalue weighted by atomic mass is 9.95. The first-order valence-corrected chi connectivity index (χ1v) is 11.5. The number of carbonyl (C=O) groups is 1. The number of nitrogens with one attached hydrogen (secondary N) is 1. The summed E-state index contributed by atoms with van der Waals surface area (Å²) >= 11 is 0. The molecule has 2 N–H and O–H groups in total. The minimum absolute atomic E-state index is 0.206. The monoisotopic (exact) mass is 490 g/mol. The minimum atomic E-state index is -4.55. The largest absolute Gasteiger partial charge is 0.435 e. The molecule has 2 heterocycles. The Hall–Kier alpha value is -3.18. The van der Waals surface area contributed by atoms with E-state index in [-0.39, 0.29) is 24.4 Å². The summed E-state index contributed by atoms with van der Waals surface area (Å²) in [5.41, 5.74) is 1.27. The summed E-state index contributed by atoms with van der Waals surface area (Å²) < 4.78 is 43.6. The number of aliphatic hydroxyl groups excluding tert-OH is 1. The van der Waals surface area contributed by atoms with Crippen LogP contribution < -0.4 is 10.2 Å². The van der Waals surface area contributed by atoms with Gasteiger partial charge < -0.3 is 14.6 Å². The number of para-hydroxylation sites is 1. The van der Waals surface area contributed by atoms with E-state index in [1.807, 2.05) is 18.2 Å². The number of hydrogen-bond donors (Lipinski definition) is 2. The van der Waals surface area contributed by atoms with E-state index in [4.69, 9.17) is 0 Å². The Kier molecular flexibility index (Phi) is 7.27. The standard InChI is InChI=1S/C24H29F3N6O2/c1-31-15-28-13-17(31)12-19(23(35)32(2)16-8-4-3-5-9-16)29-21(34)14-33-20-11-7-6-10-18(20)22(30-33)24(25,26)27/h3-5,8-9,13,15,19,21,29,34H,6-7,10-12,14H2,1-2H3/t19-,21?/m0/s1. The van der Waals surface area contributed by atoms with Gasteiger partial charge in [-0.05, 0) is 37.8 Å². The van der Waals surface area contributed by atoms with Crippen LogP contribution in [0.5, 0.6) is 0 Å². The summed E-state index contributed by atoms with van der Waals surface area (Å²) in [4.78, 5) is 19.0. The van der Waals surface area contributed by atoms with E-state index in [2.05, 4.69) is 15.4 Å². The summed E-state index contributed by atoms with van der Waals surface area (Å²) in [6, 6.07) is 8.22. The van der Waals surface area contributed by atoms with Crippen LogP contribution in [0.2, 0.25) is 0 Å². The predicted octanol–water partition coefficient (Wildman–Crippen LogP) is 2.70. The Bertz CT molecular complexity index is 1160. The first kappa shape index (κ1) is 24.9. The molecule has 2 atom stereocenters. The van der Waals surface area contributed by atoms with Crippen LogP contribution in [0.3, 0.4) is 0 Å². The van der Waals surface area contributed by atoms with Gasteiger partial charge in [-0.25, -0.2) is 4.98 Å². The third-order valence-electron chi connectivity index (χ3n) is 6.37. The van der Waals surface area contributed by atoms with Gasteiger partial charge in [-0.2, -0.15) is 18.3 Å². The highest BCUT2D eigenvalue weighted by Crippen LogP contribution is 2.35. The zero-order valence-corrected chi connectivity index (χ0v) is 19.7. The molecule has 0 spiro atoms. The fraction of sp³-hybridized carbons (Fsp3) is 0.458. The molecule has 0 saturated carbocycles. The smallest absolute Gasteiger partial charge is 0.377 e. The van der Waals surface area contributed by atoms with Crippen LogP contribution in [-0.4, -0.2) is 49.7 Å². The number of carbonyl (C=O) groups excluding carboxylic acids is 1. The second kappa shape index (κ2) is 10.2. The van der Waals surface area contributed by atoms with Gasteiger partial charge in [-0.1, -0.05) is 18.2 Å². The Labute approximate surface area is 201 Å². The van der Waals surface area contributed by atoms with Gasteiger partial charge >= 0.3 is 6.18 Å². The van der Waals surface area contributed by atoms with Crippen LogP contribution in [0, 0.1) is 0 Å². The predicted molar refractivity (Wildman–Crippen MR) is 124 cm³/mol. The number of anilines is 1. The molecule has 0 saturated heterocycles. The van der Waals surface area contributed by atoms with Crippen molar-refractivity contribution in [1.82, 2.24) is 24.6 Å². The molecule has 0 fully saturated rings. The van der Waals surface area contributed by atoms with Crippen molar-refractivity contribution < 1.29 is 23.1 Å². The molecule has 0 aliphatic heterocycles. The highest BCUT2D eigenvalue weighted by Gasteiger charge is 2.39. The third kappa shape index (κ3) is 5.57. The Morgan fingerprint density at radius 3 is 2.60 bits per heavy atom. The summed E-state index contributed by atoms with van der Waals surface area (Å²) in [6.07, 6.45) is -0.141. The van der Waals surface area contributed by atoms with Crippen molar-refractivity contribution in [1.29, 1.82) is 0 Å². The van der Waals surface area contributed by atoms with E-state index in [9.17, 15) is 23.1 Å². The van der Waals surface area contributed by atoms with Gasteiger partial charge in [0.25, 0.3) is 0 Å². The topological polar surface area (TPSA) is 88.2 Å². The molecule has 1 aliphatic carbocycles. The van der Waals surface area contributed by atoms with Gasteiger partial charge in [0.15, 0.2) is 5.69 Å². The molecule has 8 nitrogen and oxygen atoms in total. The van der Waals surface area contributed by atoms with Gasteiger partial charge in [0.05, 0.1) is 18.9 Å². The van der Waals surface area contributed by atoms with E-state index < -0.39 is 24.1 Å². The quantitative estimate of drug-likeness (QED) is 0.474. The average molecular weight is 491 g/mol. The Morgan fingerprint density at radius 1 is 1.23 bits per heavy atom. The molecule has 0 radical (unpaired) electrons. The number of aromatic nitrogens is 4. The number of alkyl halides is 3. The molecular weight excluding hydrogens is 461 g/mol. The summed E-state index contributed by atoms with van der Waals surface area (Å²) in [7, 11) is 3.44. The number of imidazole rings is 1. The molecule has 35 heavy (non-hydrogen) atoms. The van der Waals surface area contributed by atoms with Crippen molar-refractivity contribution in [3.8, 4) is 0 Å². The SMILES string of the molecule is CN(C(=O)[C@H](Cc1cncn1C)NC(O)Cn1nc(C(F)(F)F)c2c1CCCC2)c1ccccc1. The second-order valence-corrected chi connectivity index (χ2v) is 8.83. The fourth-order valence-corrected chi connectivity index (χ4v) is 4.52. The normalized spacial score (nSPS) is 15.5. The molecule has 3 aromatic rings. The van der Waals surface area contributed by atoms with Crippen molar-refractivity contribution in [3.05, 3.63) is 65.5 Å². The number of fused-ring (bicyclic) bond motifs is 1. The molecule has 1 aliphatic rings. The van der Waals surface area contributed by atoms with E-state index >= 15 is 0 Å². The lowest BCUT2D eigenvalue weighted by Gasteiger charge is -2.27.